The van der Waals surface area contributed by atoms with Gasteiger partial charge >= 0.3 is 0 Å². The van der Waals surface area contributed by atoms with E-state index in [9.17, 15) is 13.6 Å². The van der Waals surface area contributed by atoms with Crippen molar-refractivity contribution in [3.63, 3.8) is 0 Å². The molecule has 0 spiro atoms. The van der Waals surface area contributed by atoms with E-state index in [0.717, 1.165) is 23.8 Å². The summed E-state index contributed by atoms with van der Waals surface area (Å²) in [5, 5.41) is 0. The van der Waals surface area contributed by atoms with E-state index in [4.69, 9.17) is 0 Å². The lowest BCUT2D eigenvalue weighted by molar-refractivity contribution is 0.0746. The van der Waals surface area contributed by atoms with Crippen molar-refractivity contribution in [2.75, 3.05) is 31.1 Å². The number of piperazine rings is 1. The van der Waals surface area contributed by atoms with Gasteiger partial charge in [-0.25, -0.2) is 18.7 Å². The van der Waals surface area contributed by atoms with E-state index in [2.05, 4.69) is 14.9 Å². The maximum absolute atomic E-state index is 13.4. The van der Waals surface area contributed by atoms with Crippen molar-refractivity contribution < 1.29 is 13.6 Å². The smallest absolute Gasteiger partial charge is 0.254 e. The summed E-state index contributed by atoms with van der Waals surface area (Å²) in [5.74, 6) is -0.0201. The van der Waals surface area contributed by atoms with Crippen molar-refractivity contribution in [3.05, 3.63) is 71.8 Å². The highest BCUT2D eigenvalue weighted by atomic mass is 19.2. The van der Waals surface area contributed by atoms with Gasteiger partial charge < -0.3 is 14.4 Å². The number of benzene rings is 1. The molecule has 3 heterocycles. The molecule has 1 amide bonds. The fourth-order valence-corrected chi connectivity index (χ4v) is 3.27. The van der Waals surface area contributed by atoms with Gasteiger partial charge in [0.25, 0.3) is 5.91 Å². The molecule has 8 heteroatoms. The van der Waals surface area contributed by atoms with E-state index in [1.807, 2.05) is 42.1 Å². The minimum atomic E-state index is -1.02. The van der Waals surface area contributed by atoms with E-state index in [1.54, 1.807) is 4.90 Å². The molecular formula is C20H19F2N5O. The summed E-state index contributed by atoms with van der Waals surface area (Å²) in [6, 6.07) is 9.01. The van der Waals surface area contributed by atoms with Crippen molar-refractivity contribution in [2.24, 2.45) is 0 Å². The van der Waals surface area contributed by atoms with Gasteiger partial charge in [-0.1, -0.05) is 0 Å². The molecule has 1 aromatic carbocycles. The van der Waals surface area contributed by atoms with Gasteiger partial charge in [-0.3, -0.25) is 4.79 Å². The molecule has 0 saturated carbocycles. The highest BCUT2D eigenvalue weighted by molar-refractivity contribution is 5.94. The molecule has 144 valence electrons. The third-order valence-electron chi connectivity index (χ3n) is 4.74. The maximum Gasteiger partial charge on any atom is 0.254 e. The van der Waals surface area contributed by atoms with Crippen molar-refractivity contribution in [3.8, 4) is 5.82 Å². The Bertz CT molecular complexity index is 998. The van der Waals surface area contributed by atoms with Gasteiger partial charge in [0.05, 0.1) is 0 Å². The predicted octanol–water partition coefficient (Wildman–Crippen LogP) is 2.82. The Morgan fingerprint density at radius 1 is 0.929 bits per heavy atom. The van der Waals surface area contributed by atoms with E-state index >= 15 is 0 Å². The van der Waals surface area contributed by atoms with Gasteiger partial charge in [0, 0.05) is 50.2 Å². The number of hydrogen-bond donors (Lipinski definition) is 0. The maximum atomic E-state index is 13.4. The van der Waals surface area contributed by atoms with Crippen LogP contribution in [0.2, 0.25) is 0 Å². The van der Waals surface area contributed by atoms with Crippen LogP contribution in [0.15, 0.2) is 48.8 Å². The zero-order valence-corrected chi connectivity index (χ0v) is 15.3. The number of aryl methyl sites for hydroxylation is 1. The Balaban J connectivity index is 1.47. The molecule has 3 aromatic rings. The van der Waals surface area contributed by atoms with E-state index in [0.29, 0.717) is 32.0 Å². The number of carbonyl (C=O) groups excluding carboxylic acids is 1. The molecule has 0 N–H and O–H groups in total. The summed E-state index contributed by atoms with van der Waals surface area (Å²) >= 11 is 0. The summed E-state index contributed by atoms with van der Waals surface area (Å²) in [6.45, 7) is 3.98. The topological polar surface area (TPSA) is 54.3 Å². The lowest BCUT2D eigenvalue weighted by atomic mass is 10.1. The number of hydrogen-bond acceptors (Lipinski definition) is 4. The van der Waals surface area contributed by atoms with Crippen molar-refractivity contribution in [2.45, 2.75) is 6.92 Å². The molecule has 2 aromatic heterocycles. The zero-order chi connectivity index (χ0) is 19.7. The van der Waals surface area contributed by atoms with Crippen LogP contribution in [0.1, 0.15) is 16.2 Å². The first-order chi connectivity index (χ1) is 13.5. The van der Waals surface area contributed by atoms with Crippen molar-refractivity contribution in [1.82, 2.24) is 19.4 Å². The van der Waals surface area contributed by atoms with Crippen LogP contribution < -0.4 is 4.90 Å². The molecule has 0 bridgehead atoms. The molecule has 0 unspecified atom stereocenters. The quantitative estimate of drug-likeness (QED) is 0.698. The summed E-state index contributed by atoms with van der Waals surface area (Å²) < 4.78 is 28.4. The average Bonchev–Trinajstić information content (AvgIpc) is 3.24. The van der Waals surface area contributed by atoms with Gasteiger partial charge in [-0.05, 0) is 37.3 Å². The largest absolute Gasteiger partial charge is 0.353 e. The second kappa shape index (κ2) is 7.38. The van der Waals surface area contributed by atoms with Crippen molar-refractivity contribution >= 4 is 11.7 Å². The first kappa shape index (κ1) is 18.1. The molecule has 28 heavy (non-hydrogen) atoms. The number of carbonyl (C=O) groups is 1. The first-order valence-corrected chi connectivity index (χ1v) is 8.99. The summed E-state index contributed by atoms with van der Waals surface area (Å²) in [4.78, 5) is 25.3. The van der Waals surface area contributed by atoms with Crippen molar-refractivity contribution in [1.29, 1.82) is 0 Å². The number of anilines is 1. The standard InChI is InChI=1S/C20H19F2N5O/c1-14-23-18(25-6-2-3-7-25)13-19(24-14)26-8-10-27(11-9-26)20(28)15-4-5-16(21)17(22)12-15/h2-7,12-13H,8-11H2,1H3. The summed E-state index contributed by atoms with van der Waals surface area (Å²) in [6.07, 6.45) is 3.84. The number of rotatable bonds is 3. The predicted molar refractivity (Wildman–Crippen MR) is 101 cm³/mol. The second-order valence-corrected chi connectivity index (χ2v) is 6.63. The second-order valence-electron chi connectivity index (χ2n) is 6.63. The normalized spacial score (nSPS) is 14.4. The molecule has 1 aliphatic heterocycles. The fourth-order valence-electron chi connectivity index (χ4n) is 3.27. The molecule has 0 aliphatic carbocycles. The van der Waals surface area contributed by atoms with Crippen LogP contribution in [0.5, 0.6) is 0 Å². The third kappa shape index (κ3) is 3.58. The van der Waals surface area contributed by atoms with Gasteiger partial charge in [0.2, 0.25) is 0 Å². The molecule has 4 rings (SSSR count). The summed E-state index contributed by atoms with van der Waals surface area (Å²) in [5.41, 5.74) is 0.153. The van der Waals surface area contributed by atoms with Crippen LogP contribution in [0.25, 0.3) is 5.82 Å². The van der Waals surface area contributed by atoms with E-state index in [-0.39, 0.29) is 11.5 Å². The van der Waals surface area contributed by atoms with Crippen LogP contribution in [-0.4, -0.2) is 51.5 Å². The lowest BCUT2D eigenvalue weighted by Crippen LogP contribution is -2.49. The fraction of sp³-hybridized carbons (Fsp3) is 0.250. The van der Waals surface area contributed by atoms with Crippen LogP contribution in [0, 0.1) is 18.6 Å². The molecule has 0 radical (unpaired) electrons. The Hall–Kier alpha value is -3.29. The molecule has 0 atom stereocenters. The van der Waals surface area contributed by atoms with Crippen LogP contribution >= 0.6 is 0 Å². The highest BCUT2D eigenvalue weighted by Crippen LogP contribution is 2.19. The Morgan fingerprint density at radius 3 is 2.29 bits per heavy atom. The molecule has 6 nitrogen and oxygen atoms in total. The Labute approximate surface area is 161 Å². The molecule has 1 fully saturated rings. The van der Waals surface area contributed by atoms with E-state index in [1.165, 1.54) is 6.07 Å². The van der Waals surface area contributed by atoms with E-state index < -0.39 is 11.6 Å². The minimum absolute atomic E-state index is 0.153. The summed E-state index contributed by atoms with van der Waals surface area (Å²) in [7, 11) is 0. The minimum Gasteiger partial charge on any atom is -0.353 e. The van der Waals surface area contributed by atoms with Gasteiger partial charge in [0.1, 0.15) is 17.5 Å². The lowest BCUT2D eigenvalue weighted by Gasteiger charge is -2.35. The van der Waals surface area contributed by atoms with Crippen LogP contribution in [0.3, 0.4) is 0 Å². The number of halogens is 2. The first-order valence-electron chi connectivity index (χ1n) is 8.99. The number of aromatic nitrogens is 3. The highest BCUT2D eigenvalue weighted by Gasteiger charge is 2.24. The number of nitrogens with zero attached hydrogens (tertiary/aromatic N) is 5. The average molecular weight is 383 g/mol. The Kier molecular flexibility index (Phi) is 4.77. The van der Waals surface area contributed by atoms with Gasteiger partial charge in [-0.2, -0.15) is 0 Å². The van der Waals surface area contributed by atoms with Crippen LogP contribution in [0.4, 0.5) is 14.6 Å². The molecular weight excluding hydrogens is 364 g/mol. The van der Waals surface area contributed by atoms with Gasteiger partial charge in [0.15, 0.2) is 11.6 Å². The zero-order valence-electron chi connectivity index (χ0n) is 15.3. The SMILES string of the molecule is Cc1nc(N2CCN(C(=O)c3ccc(F)c(F)c3)CC2)cc(-n2cccc2)n1. The number of amides is 1. The molecule has 1 saturated heterocycles. The third-order valence-corrected chi connectivity index (χ3v) is 4.74. The van der Waals surface area contributed by atoms with Gasteiger partial charge in [-0.15, -0.1) is 0 Å². The molecule has 1 aliphatic rings. The monoisotopic (exact) mass is 383 g/mol. The Morgan fingerprint density at radius 2 is 1.61 bits per heavy atom. The van der Waals surface area contributed by atoms with Crippen LogP contribution in [-0.2, 0) is 0 Å².